The third kappa shape index (κ3) is 4.45. The minimum absolute atomic E-state index is 0.256. The third-order valence-electron chi connectivity index (χ3n) is 5.64. The monoisotopic (exact) mass is 458 g/mol. The molecule has 1 aromatic heterocycles. The van der Waals surface area contributed by atoms with Crippen LogP contribution in [0.5, 0.6) is 17.2 Å². The average Bonchev–Trinajstić information content (AvgIpc) is 2.88. The maximum absolute atomic E-state index is 13.4. The first-order chi connectivity index (χ1) is 16.6. The maximum atomic E-state index is 13.4. The van der Waals surface area contributed by atoms with Gasteiger partial charge in [-0.3, -0.25) is 14.2 Å². The molecule has 0 aliphatic rings. The number of ether oxygens (including phenoxy) is 3. The van der Waals surface area contributed by atoms with Crippen molar-refractivity contribution in [1.29, 1.82) is 0 Å². The molecule has 1 N–H and O–H groups in total. The van der Waals surface area contributed by atoms with Gasteiger partial charge in [0, 0.05) is 35.6 Å². The molecule has 7 nitrogen and oxygen atoms in total. The van der Waals surface area contributed by atoms with Gasteiger partial charge in [0.1, 0.15) is 0 Å². The number of methoxy groups -OCH3 is 3. The Labute approximate surface area is 197 Å². The fourth-order valence-electron chi connectivity index (χ4n) is 3.93. The maximum Gasteiger partial charge on any atom is 0.263 e. The molecule has 0 spiro atoms. The molecule has 0 unspecified atom stereocenters. The Kier molecular flexibility index (Phi) is 6.82. The van der Waals surface area contributed by atoms with Crippen LogP contribution >= 0.6 is 0 Å². The van der Waals surface area contributed by atoms with E-state index in [0.29, 0.717) is 52.2 Å². The van der Waals surface area contributed by atoms with Gasteiger partial charge >= 0.3 is 0 Å². The van der Waals surface area contributed by atoms with Gasteiger partial charge in [-0.15, -0.1) is 0 Å². The summed E-state index contributed by atoms with van der Waals surface area (Å²) in [5.74, 6) is 0.978. The van der Waals surface area contributed by atoms with Crippen molar-refractivity contribution < 1.29 is 19.0 Å². The van der Waals surface area contributed by atoms with E-state index >= 15 is 0 Å². The molecule has 0 aliphatic carbocycles. The molecule has 7 heteroatoms. The molecule has 3 aromatic carbocycles. The van der Waals surface area contributed by atoms with Crippen LogP contribution < -0.4 is 25.1 Å². The lowest BCUT2D eigenvalue weighted by Gasteiger charge is -2.17. The summed E-state index contributed by atoms with van der Waals surface area (Å²) in [5.41, 5.74) is 1.77. The molecule has 0 bridgehead atoms. The molecule has 4 aromatic rings. The second-order valence-corrected chi connectivity index (χ2v) is 7.64. The van der Waals surface area contributed by atoms with Crippen LogP contribution in [0, 0.1) is 0 Å². The number of benzene rings is 3. The molecule has 0 aliphatic heterocycles. The van der Waals surface area contributed by atoms with E-state index in [2.05, 4.69) is 5.32 Å². The minimum Gasteiger partial charge on any atom is -0.493 e. The summed E-state index contributed by atoms with van der Waals surface area (Å²) in [6, 6.07) is 20.4. The standard InChI is InChI=1S/C27H26N2O5/c1-32-23-15-19(16-24(33-2)25(23)34-3)29-17-22(20-11-7-8-12-21(20)27(29)31)26(30)28-14-13-18-9-5-4-6-10-18/h4-12,15-17H,13-14H2,1-3H3,(H,28,30). The smallest absolute Gasteiger partial charge is 0.263 e. The van der Waals surface area contributed by atoms with Gasteiger partial charge in [0.05, 0.1) is 32.6 Å². The molecule has 0 radical (unpaired) electrons. The van der Waals surface area contributed by atoms with Crippen molar-refractivity contribution in [3.8, 4) is 22.9 Å². The lowest BCUT2D eigenvalue weighted by atomic mass is 10.1. The molecular weight excluding hydrogens is 432 g/mol. The van der Waals surface area contributed by atoms with Gasteiger partial charge < -0.3 is 19.5 Å². The zero-order chi connectivity index (χ0) is 24.1. The Morgan fingerprint density at radius 3 is 2.09 bits per heavy atom. The molecular formula is C27H26N2O5. The zero-order valence-electron chi connectivity index (χ0n) is 19.3. The van der Waals surface area contributed by atoms with E-state index in [1.54, 1.807) is 36.5 Å². The number of amides is 1. The fourth-order valence-corrected chi connectivity index (χ4v) is 3.93. The van der Waals surface area contributed by atoms with Crippen molar-refractivity contribution in [2.75, 3.05) is 27.9 Å². The van der Waals surface area contributed by atoms with E-state index in [0.717, 1.165) is 5.56 Å². The third-order valence-corrected chi connectivity index (χ3v) is 5.64. The molecule has 0 atom stereocenters. The van der Waals surface area contributed by atoms with Crippen LogP contribution in [0.25, 0.3) is 16.5 Å². The number of rotatable bonds is 8. The number of hydrogen-bond donors (Lipinski definition) is 1. The number of aromatic nitrogens is 1. The van der Waals surface area contributed by atoms with Gasteiger partial charge in [0.25, 0.3) is 11.5 Å². The van der Waals surface area contributed by atoms with Crippen molar-refractivity contribution in [2.24, 2.45) is 0 Å². The van der Waals surface area contributed by atoms with E-state index in [9.17, 15) is 9.59 Å². The van der Waals surface area contributed by atoms with Gasteiger partial charge in [-0.1, -0.05) is 48.5 Å². The van der Waals surface area contributed by atoms with E-state index in [4.69, 9.17) is 14.2 Å². The Morgan fingerprint density at radius 2 is 1.47 bits per heavy atom. The Bertz CT molecular complexity index is 1350. The lowest BCUT2D eigenvalue weighted by Crippen LogP contribution is -2.28. The number of fused-ring (bicyclic) bond motifs is 1. The predicted octanol–water partition coefficient (Wildman–Crippen LogP) is 3.99. The molecule has 1 amide bonds. The highest BCUT2D eigenvalue weighted by Gasteiger charge is 2.19. The van der Waals surface area contributed by atoms with Crippen LogP contribution in [-0.2, 0) is 6.42 Å². The fraction of sp³-hybridized carbons (Fsp3) is 0.185. The first-order valence-corrected chi connectivity index (χ1v) is 10.8. The van der Waals surface area contributed by atoms with Crippen molar-refractivity contribution >= 4 is 16.7 Å². The first kappa shape index (κ1) is 22.9. The molecule has 174 valence electrons. The second-order valence-electron chi connectivity index (χ2n) is 7.64. The van der Waals surface area contributed by atoms with Crippen LogP contribution in [-0.4, -0.2) is 38.3 Å². The molecule has 4 rings (SSSR count). The van der Waals surface area contributed by atoms with E-state index in [1.165, 1.54) is 25.9 Å². The van der Waals surface area contributed by atoms with Crippen LogP contribution in [0.2, 0.25) is 0 Å². The minimum atomic E-state index is -0.259. The molecule has 1 heterocycles. The van der Waals surface area contributed by atoms with Gasteiger partial charge in [-0.25, -0.2) is 0 Å². The van der Waals surface area contributed by atoms with E-state index in [1.807, 2.05) is 36.4 Å². The number of carbonyl (C=O) groups is 1. The van der Waals surface area contributed by atoms with Gasteiger partial charge in [-0.2, -0.15) is 0 Å². The largest absolute Gasteiger partial charge is 0.493 e. The van der Waals surface area contributed by atoms with Gasteiger partial charge in [0.2, 0.25) is 5.75 Å². The number of carbonyl (C=O) groups excluding carboxylic acids is 1. The van der Waals surface area contributed by atoms with Gasteiger partial charge in [-0.05, 0) is 18.1 Å². The Balaban J connectivity index is 1.77. The van der Waals surface area contributed by atoms with Gasteiger partial charge in [0.15, 0.2) is 11.5 Å². The van der Waals surface area contributed by atoms with Crippen LogP contribution in [0.15, 0.2) is 77.7 Å². The highest BCUT2D eigenvalue weighted by molar-refractivity contribution is 6.06. The number of nitrogens with zero attached hydrogens (tertiary/aromatic N) is 1. The average molecular weight is 459 g/mol. The highest BCUT2D eigenvalue weighted by Crippen LogP contribution is 2.39. The summed E-state index contributed by atoms with van der Waals surface area (Å²) in [4.78, 5) is 26.6. The van der Waals surface area contributed by atoms with Crippen molar-refractivity contribution in [3.05, 3.63) is 94.4 Å². The molecule has 0 saturated carbocycles. The summed E-state index contributed by atoms with van der Waals surface area (Å²) >= 11 is 0. The summed E-state index contributed by atoms with van der Waals surface area (Å²) < 4.78 is 17.7. The number of pyridine rings is 1. The molecule has 0 saturated heterocycles. The number of nitrogens with one attached hydrogen (secondary N) is 1. The van der Waals surface area contributed by atoms with Crippen molar-refractivity contribution in [1.82, 2.24) is 9.88 Å². The van der Waals surface area contributed by atoms with Crippen LogP contribution in [0.4, 0.5) is 0 Å². The lowest BCUT2D eigenvalue weighted by molar-refractivity contribution is 0.0955. The summed E-state index contributed by atoms with van der Waals surface area (Å²) in [7, 11) is 4.53. The number of hydrogen-bond acceptors (Lipinski definition) is 5. The summed E-state index contributed by atoms with van der Waals surface area (Å²) in [5, 5.41) is 4.01. The normalized spacial score (nSPS) is 10.7. The predicted molar refractivity (Wildman–Crippen MR) is 132 cm³/mol. The molecule has 34 heavy (non-hydrogen) atoms. The van der Waals surface area contributed by atoms with E-state index < -0.39 is 0 Å². The SMILES string of the molecule is COc1cc(-n2cc(C(=O)NCCc3ccccc3)c3ccccc3c2=O)cc(OC)c1OC. The highest BCUT2D eigenvalue weighted by atomic mass is 16.5. The van der Waals surface area contributed by atoms with Crippen molar-refractivity contribution in [2.45, 2.75) is 6.42 Å². The summed E-state index contributed by atoms with van der Waals surface area (Å²) in [6.45, 7) is 0.473. The van der Waals surface area contributed by atoms with Crippen molar-refractivity contribution in [3.63, 3.8) is 0 Å². The Hall–Kier alpha value is -4.26. The van der Waals surface area contributed by atoms with E-state index in [-0.39, 0.29) is 11.5 Å². The topological polar surface area (TPSA) is 78.8 Å². The van der Waals surface area contributed by atoms with Crippen LogP contribution in [0.1, 0.15) is 15.9 Å². The first-order valence-electron chi connectivity index (χ1n) is 10.8. The molecule has 0 fully saturated rings. The quantitative estimate of drug-likeness (QED) is 0.432. The van der Waals surface area contributed by atoms with Crippen LogP contribution in [0.3, 0.4) is 0 Å². The summed E-state index contributed by atoms with van der Waals surface area (Å²) in [6.07, 6.45) is 2.26. The second kappa shape index (κ2) is 10.1. The Morgan fingerprint density at radius 1 is 0.853 bits per heavy atom. The zero-order valence-corrected chi connectivity index (χ0v) is 19.3.